The summed E-state index contributed by atoms with van der Waals surface area (Å²) in [6.07, 6.45) is 1.32. The normalized spacial score (nSPS) is 20.9. The van der Waals surface area contributed by atoms with E-state index in [1.807, 2.05) is 0 Å². The molecule has 2 rings (SSSR count). The maximum atomic E-state index is 11.5. The molecule has 0 saturated carbocycles. The Kier molecular flexibility index (Phi) is 6.46. The number of benzene rings is 1. The Labute approximate surface area is 147 Å². The van der Waals surface area contributed by atoms with E-state index in [4.69, 9.17) is 0 Å². The highest BCUT2D eigenvalue weighted by Gasteiger charge is 2.31. The van der Waals surface area contributed by atoms with Crippen LogP contribution in [-0.4, -0.2) is 62.4 Å². The van der Waals surface area contributed by atoms with Gasteiger partial charge in [-0.3, -0.25) is 9.80 Å². The van der Waals surface area contributed by atoms with Gasteiger partial charge < -0.3 is 0 Å². The lowest BCUT2D eigenvalue weighted by Crippen LogP contribution is -2.51. The first-order valence-corrected chi connectivity index (χ1v) is 11.0. The fourth-order valence-corrected chi connectivity index (χ4v) is 4.18. The van der Waals surface area contributed by atoms with Crippen LogP contribution in [-0.2, 0) is 9.84 Å². The number of rotatable bonds is 6. The van der Waals surface area contributed by atoms with Crippen molar-refractivity contribution in [3.05, 3.63) is 35.4 Å². The number of piperazine rings is 1. The highest BCUT2D eigenvalue weighted by molar-refractivity contribution is 7.90. The van der Waals surface area contributed by atoms with E-state index in [1.165, 1.54) is 17.4 Å². The van der Waals surface area contributed by atoms with Crippen LogP contribution < -0.4 is 0 Å². The minimum absolute atomic E-state index is 0.243. The molecule has 0 radical (unpaired) electrons. The molecule has 0 aliphatic carbocycles. The van der Waals surface area contributed by atoms with Crippen LogP contribution in [0.5, 0.6) is 0 Å². The predicted octanol–water partition coefficient (Wildman–Crippen LogP) is 2.92. The Bertz CT molecular complexity index is 641. The van der Waals surface area contributed by atoms with Gasteiger partial charge in [0.1, 0.15) is 9.84 Å². The summed E-state index contributed by atoms with van der Waals surface area (Å²) in [5.74, 6) is 0.731. The third-order valence-electron chi connectivity index (χ3n) is 4.92. The molecule has 0 spiro atoms. The van der Waals surface area contributed by atoms with Gasteiger partial charge in [0, 0.05) is 44.5 Å². The van der Waals surface area contributed by atoms with Crippen molar-refractivity contribution in [3.8, 4) is 0 Å². The van der Waals surface area contributed by atoms with E-state index in [9.17, 15) is 8.42 Å². The molecule has 0 bridgehead atoms. The Morgan fingerprint density at radius 2 is 1.79 bits per heavy atom. The summed E-state index contributed by atoms with van der Waals surface area (Å²) < 4.78 is 23.0. The van der Waals surface area contributed by atoms with E-state index < -0.39 is 9.84 Å². The average Bonchev–Trinajstić information content (AvgIpc) is 2.51. The Balaban J connectivity index is 2.25. The zero-order valence-corrected chi connectivity index (χ0v) is 16.5. The molecule has 1 aliphatic heterocycles. The van der Waals surface area contributed by atoms with Gasteiger partial charge in [-0.1, -0.05) is 38.1 Å². The largest absolute Gasteiger partial charge is 0.299 e. The van der Waals surface area contributed by atoms with Crippen molar-refractivity contribution in [2.75, 3.05) is 38.2 Å². The SMILES string of the molecule is CC(C)c1ccccc1C1CN(CCS(C)(=O)=O)CCN1C(C)C. The molecule has 0 N–H and O–H groups in total. The van der Waals surface area contributed by atoms with E-state index in [0.29, 0.717) is 24.5 Å². The van der Waals surface area contributed by atoms with Gasteiger partial charge in [-0.25, -0.2) is 8.42 Å². The maximum Gasteiger partial charge on any atom is 0.148 e. The summed E-state index contributed by atoms with van der Waals surface area (Å²) in [5, 5.41) is 0. The first kappa shape index (κ1) is 19.4. The van der Waals surface area contributed by atoms with Crippen LogP contribution >= 0.6 is 0 Å². The number of sulfone groups is 1. The molecule has 24 heavy (non-hydrogen) atoms. The molecule has 1 atom stereocenters. The molecule has 1 heterocycles. The molecular formula is C19H32N2O2S. The highest BCUT2D eigenvalue weighted by atomic mass is 32.2. The number of hydrogen-bond acceptors (Lipinski definition) is 4. The molecule has 1 unspecified atom stereocenters. The lowest BCUT2D eigenvalue weighted by molar-refractivity contribution is 0.0533. The first-order valence-electron chi connectivity index (χ1n) is 8.93. The van der Waals surface area contributed by atoms with E-state index >= 15 is 0 Å². The van der Waals surface area contributed by atoms with Gasteiger partial charge >= 0.3 is 0 Å². The van der Waals surface area contributed by atoms with Gasteiger partial charge in [0.05, 0.1) is 5.75 Å². The second-order valence-corrected chi connectivity index (χ2v) is 9.82. The monoisotopic (exact) mass is 352 g/mol. The van der Waals surface area contributed by atoms with Crippen molar-refractivity contribution in [1.82, 2.24) is 9.80 Å². The third-order valence-corrected chi connectivity index (χ3v) is 5.85. The summed E-state index contributed by atoms with van der Waals surface area (Å²) in [4.78, 5) is 4.86. The van der Waals surface area contributed by atoms with Crippen molar-refractivity contribution in [2.45, 2.75) is 45.7 Å². The lowest BCUT2D eigenvalue weighted by Gasteiger charge is -2.44. The molecule has 1 aromatic rings. The van der Waals surface area contributed by atoms with Crippen molar-refractivity contribution >= 4 is 9.84 Å². The molecule has 1 saturated heterocycles. The van der Waals surface area contributed by atoms with Gasteiger partial charge in [0.2, 0.25) is 0 Å². The van der Waals surface area contributed by atoms with E-state index in [1.54, 1.807) is 0 Å². The predicted molar refractivity (Wildman–Crippen MR) is 101 cm³/mol. The van der Waals surface area contributed by atoms with Crippen LogP contribution in [0.25, 0.3) is 0 Å². The minimum Gasteiger partial charge on any atom is -0.299 e. The van der Waals surface area contributed by atoms with Gasteiger partial charge in [0.25, 0.3) is 0 Å². The molecule has 0 amide bonds. The van der Waals surface area contributed by atoms with Crippen molar-refractivity contribution in [2.24, 2.45) is 0 Å². The van der Waals surface area contributed by atoms with Crippen LogP contribution in [0.2, 0.25) is 0 Å². The Morgan fingerprint density at radius 3 is 2.38 bits per heavy atom. The van der Waals surface area contributed by atoms with Crippen LogP contribution in [0.3, 0.4) is 0 Å². The molecule has 1 aromatic carbocycles. The lowest BCUT2D eigenvalue weighted by atomic mass is 9.90. The van der Waals surface area contributed by atoms with Crippen LogP contribution in [0.1, 0.15) is 50.8 Å². The number of nitrogens with zero attached hydrogens (tertiary/aromatic N) is 2. The zero-order valence-electron chi connectivity index (χ0n) is 15.7. The van der Waals surface area contributed by atoms with Gasteiger partial charge in [-0.05, 0) is 30.9 Å². The molecular weight excluding hydrogens is 320 g/mol. The van der Waals surface area contributed by atoms with Crippen LogP contribution in [0.15, 0.2) is 24.3 Å². The standard InChI is InChI=1S/C19H32N2O2S/c1-15(2)17-8-6-7-9-18(17)19-14-20(12-13-24(5,22)23)10-11-21(19)16(3)4/h6-9,15-16,19H,10-14H2,1-5H3. The Hall–Kier alpha value is -0.910. The minimum atomic E-state index is -2.91. The first-order chi connectivity index (χ1) is 11.2. The average molecular weight is 353 g/mol. The van der Waals surface area contributed by atoms with Gasteiger partial charge in [0.15, 0.2) is 0 Å². The fourth-order valence-electron chi connectivity index (χ4n) is 3.59. The number of hydrogen-bond donors (Lipinski definition) is 0. The molecule has 1 aliphatic rings. The summed E-state index contributed by atoms with van der Waals surface area (Å²) in [7, 11) is -2.91. The van der Waals surface area contributed by atoms with Crippen molar-refractivity contribution < 1.29 is 8.42 Å². The van der Waals surface area contributed by atoms with Crippen LogP contribution in [0.4, 0.5) is 0 Å². The highest BCUT2D eigenvalue weighted by Crippen LogP contribution is 2.32. The third kappa shape index (κ3) is 5.04. The zero-order chi connectivity index (χ0) is 17.9. The molecule has 0 aromatic heterocycles. The van der Waals surface area contributed by atoms with Gasteiger partial charge in [-0.15, -0.1) is 0 Å². The Morgan fingerprint density at radius 1 is 1.12 bits per heavy atom. The fraction of sp³-hybridized carbons (Fsp3) is 0.684. The summed E-state index contributed by atoms with van der Waals surface area (Å²) >= 11 is 0. The molecule has 136 valence electrons. The van der Waals surface area contributed by atoms with Crippen molar-refractivity contribution in [3.63, 3.8) is 0 Å². The maximum absolute atomic E-state index is 11.5. The molecule has 4 nitrogen and oxygen atoms in total. The molecule has 5 heteroatoms. The smallest absolute Gasteiger partial charge is 0.148 e. The summed E-state index contributed by atoms with van der Waals surface area (Å²) in [6.45, 7) is 12.4. The van der Waals surface area contributed by atoms with Gasteiger partial charge in [-0.2, -0.15) is 0 Å². The topological polar surface area (TPSA) is 40.6 Å². The van der Waals surface area contributed by atoms with Crippen LogP contribution in [0, 0.1) is 0 Å². The quantitative estimate of drug-likeness (QED) is 0.789. The summed E-state index contributed by atoms with van der Waals surface area (Å²) in [5.41, 5.74) is 2.79. The van der Waals surface area contributed by atoms with E-state index in [2.05, 4.69) is 61.8 Å². The second-order valence-electron chi connectivity index (χ2n) is 7.56. The molecule has 1 fully saturated rings. The van der Waals surface area contributed by atoms with E-state index in [-0.39, 0.29) is 5.75 Å². The van der Waals surface area contributed by atoms with Crippen molar-refractivity contribution in [1.29, 1.82) is 0 Å². The summed E-state index contributed by atoms with van der Waals surface area (Å²) in [6, 6.07) is 9.52. The van der Waals surface area contributed by atoms with E-state index in [0.717, 1.165) is 19.6 Å². The second kappa shape index (κ2) is 7.98.